The number of para-hydroxylation sites is 1. The number of aldehydes is 1. The van der Waals surface area contributed by atoms with Crippen LogP contribution in [0, 0.1) is 0 Å². The van der Waals surface area contributed by atoms with Crippen LogP contribution in [0.4, 0.5) is 0 Å². The smallest absolute Gasteiger partial charge is 0.153 e. The molecule has 0 aliphatic carbocycles. The minimum atomic E-state index is 0.343. The molecule has 0 spiro atoms. The third-order valence-electron chi connectivity index (χ3n) is 2.78. The Kier molecular flexibility index (Phi) is 5.63. The van der Waals surface area contributed by atoms with Crippen molar-refractivity contribution in [2.75, 3.05) is 20.3 Å². The molecule has 0 aliphatic heterocycles. The van der Waals surface area contributed by atoms with Crippen molar-refractivity contribution in [2.24, 2.45) is 0 Å². The molecule has 0 bridgehead atoms. The van der Waals surface area contributed by atoms with Crippen LogP contribution in [-0.4, -0.2) is 26.6 Å². The lowest BCUT2D eigenvalue weighted by Crippen LogP contribution is -2.10. The van der Waals surface area contributed by atoms with E-state index < -0.39 is 0 Å². The number of methoxy groups -OCH3 is 1. The van der Waals surface area contributed by atoms with Gasteiger partial charge in [0.05, 0.1) is 17.1 Å². The maximum absolute atomic E-state index is 11.0. The third-order valence-corrected chi connectivity index (χ3v) is 3.41. The van der Waals surface area contributed by atoms with Gasteiger partial charge < -0.3 is 14.2 Å². The molecule has 0 atom stereocenters. The van der Waals surface area contributed by atoms with Crippen LogP contribution in [0.1, 0.15) is 10.4 Å². The van der Waals surface area contributed by atoms with Gasteiger partial charge in [0.15, 0.2) is 6.29 Å². The standard InChI is InChI=1S/C16H15BrO4/c1-19-13-5-7-14(8-6-13)20-9-10-21-16-12(11-18)3-2-4-15(16)17/h2-8,11H,9-10H2,1H3. The van der Waals surface area contributed by atoms with Gasteiger partial charge in [-0.2, -0.15) is 0 Å². The molecule has 21 heavy (non-hydrogen) atoms. The summed E-state index contributed by atoms with van der Waals surface area (Å²) in [7, 11) is 1.62. The molecule has 2 aromatic rings. The van der Waals surface area contributed by atoms with Gasteiger partial charge in [0.1, 0.15) is 30.5 Å². The van der Waals surface area contributed by atoms with E-state index in [1.165, 1.54) is 0 Å². The maximum Gasteiger partial charge on any atom is 0.153 e. The van der Waals surface area contributed by atoms with Crippen molar-refractivity contribution in [3.05, 3.63) is 52.5 Å². The van der Waals surface area contributed by atoms with Crippen LogP contribution >= 0.6 is 15.9 Å². The molecule has 2 aromatic carbocycles. The quantitative estimate of drug-likeness (QED) is 0.563. The lowest BCUT2D eigenvalue weighted by Gasteiger charge is -2.11. The lowest BCUT2D eigenvalue weighted by molar-refractivity contribution is 0.111. The van der Waals surface area contributed by atoms with Crippen LogP contribution in [0.25, 0.3) is 0 Å². The van der Waals surface area contributed by atoms with Crippen molar-refractivity contribution in [3.63, 3.8) is 0 Å². The summed E-state index contributed by atoms with van der Waals surface area (Å²) >= 11 is 3.36. The predicted octanol–water partition coefficient (Wildman–Crippen LogP) is 3.73. The molecule has 0 radical (unpaired) electrons. The number of hydrogen-bond acceptors (Lipinski definition) is 4. The van der Waals surface area contributed by atoms with Gasteiger partial charge in [0.2, 0.25) is 0 Å². The average Bonchev–Trinajstić information content (AvgIpc) is 2.53. The van der Waals surface area contributed by atoms with Gasteiger partial charge in [-0.3, -0.25) is 4.79 Å². The number of rotatable bonds is 7. The second-order valence-electron chi connectivity index (χ2n) is 4.15. The molecule has 0 saturated carbocycles. The maximum atomic E-state index is 11.0. The Morgan fingerprint density at radius 1 is 1.00 bits per heavy atom. The predicted molar refractivity (Wildman–Crippen MR) is 83.5 cm³/mol. The summed E-state index contributed by atoms with van der Waals surface area (Å²) < 4.78 is 17.0. The summed E-state index contributed by atoms with van der Waals surface area (Å²) in [6.45, 7) is 0.724. The monoisotopic (exact) mass is 350 g/mol. The highest BCUT2D eigenvalue weighted by Gasteiger charge is 2.07. The van der Waals surface area contributed by atoms with E-state index in [2.05, 4.69) is 15.9 Å². The highest BCUT2D eigenvalue weighted by atomic mass is 79.9. The highest BCUT2D eigenvalue weighted by Crippen LogP contribution is 2.27. The molecule has 2 rings (SSSR count). The van der Waals surface area contributed by atoms with Crippen molar-refractivity contribution in [2.45, 2.75) is 0 Å². The summed E-state index contributed by atoms with van der Waals surface area (Å²) in [5.74, 6) is 2.05. The van der Waals surface area contributed by atoms with Crippen LogP contribution in [0.5, 0.6) is 17.2 Å². The summed E-state index contributed by atoms with van der Waals surface area (Å²) in [6.07, 6.45) is 0.768. The fraction of sp³-hybridized carbons (Fsp3) is 0.188. The third kappa shape index (κ3) is 4.23. The van der Waals surface area contributed by atoms with Gasteiger partial charge >= 0.3 is 0 Å². The SMILES string of the molecule is COc1ccc(OCCOc2c(Br)cccc2C=O)cc1. The van der Waals surface area contributed by atoms with Crippen molar-refractivity contribution in [3.8, 4) is 17.2 Å². The van der Waals surface area contributed by atoms with E-state index in [1.54, 1.807) is 19.2 Å². The van der Waals surface area contributed by atoms with E-state index in [9.17, 15) is 4.79 Å². The number of carbonyl (C=O) groups is 1. The number of benzene rings is 2. The summed E-state index contributed by atoms with van der Waals surface area (Å²) in [5, 5.41) is 0. The molecular formula is C16H15BrO4. The summed E-state index contributed by atoms with van der Waals surface area (Å²) in [5.41, 5.74) is 0.508. The number of hydrogen-bond donors (Lipinski definition) is 0. The van der Waals surface area contributed by atoms with Gasteiger partial charge in [-0.25, -0.2) is 0 Å². The Bertz CT molecular complexity index is 596. The molecular weight excluding hydrogens is 336 g/mol. The van der Waals surface area contributed by atoms with E-state index in [1.807, 2.05) is 30.3 Å². The molecule has 0 amide bonds. The molecule has 0 aromatic heterocycles. The van der Waals surface area contributed by atoms with E-state index in [0.717, 1.165) is 22.3 Å². The van der Waals surface area contributed by atoms with Crippen molar-refractivity contribution < 1.29 is 19.0 Å². The average molecular weight is 351 g/mol. The zero-order valence-electron chi connectivity index (χ0n) is 11.5. The second kappa shape index (κ2) is 7.69. The van der Waals surface area contributed by atoms with Crippen LogP contribution in [-0.2, 0) is 0 Å². The summed E-state index contributed by atoms with van der Waals surface area (Å²) in [4.78, 5) is 11.0. The van der Waals surface area contributed by atoms with Gasteiger partial charge in [-0.05, 0) is 52.3 Å². The van der Waals surface area contributed by atoms with E-state index >= 15 is 0 Å². The van der Waals surface area contributed by atoms with Crippen molar-refractivity contribution in [1.82, 2.24) is 0 Å². The van der Waals surface area contributed by atoms with E-state index in [0.29, 0.717) is 24.5 Å². The van der Waals surface area contributed by atoms with Gasteiger partial charge in [0.25, 0.3) is 0 Å². The number of carbonyl (C=O) groups excluding carboxylic acids is 1. The molecule has 0 saturated heterocycles. The molecule has 0 unspecified atom stereocenters. The highest BCUT2D eigenvalue weighted by molar-refractivity contribution is 9.10. The zero-order chi connectivity index (χ0) is 15.1. The normalized spacial score (nSPS) is 10.0. The Balaban J connectivity index is 1.85. The Morgan fingerprint density at radius 3 is 2.33 bits per heavy atom. The molecule has 0 aliphatic rings. The first kappa shape index (κ1) is 15.4. The first-order chi connectivity index (χ1) is 10.2. The minimum absolute atomic E-state index is 0.343. The van der Waals surface area contributed by atoms with Crippen LogP contribution in [0.3, 0.4) is 0 Å². The topological polar surface area (TPSA) is 44.8 Å². The number of halogens is 1. The first-order valence-corrected chi connectivity index (χ1v) is 7.17. The van der Waals surface area contributed by atoms with E-state index in [-0.39, 0.29) is 0 Å². The lowest BCUT2D eigenvalue weighted by atomic mass is 10.2. The van der Waals surface area contributed by atoms with Crippen molar-refractivity contribution in [1.29, 1.82) is 0 Å². The second-order valence-corrected chi connectivity index (χ2v) is 5.00. The minimum Gasteiger partial charge on any atom is -0.497 e. The Morgan fingerprint density at radius 2 is 1.67 bits per heavy atom. The van der Waals surface area contributed by atoms with Crippen molar-refractivity contribution >= 4 is 22.2 Å². The van der Waals surface area contributed by atoms with Crippen LogP contribution in [0.2, 0.25) is 0 Å². The van der Waals surface area contributed by atoms with Gasteiger partial charge in [-0.15, -0.1) is 0 Å². The number of ether oxygens (including phenoxy) is 3. The van der Waals surface area contributed by atoms with E-state index in [4.69, 9.17) is 14.2 Å². The molecule has 0 fully saturated rings. The molecule has 0 heterocycles. The fourth-order valence-electron chi connectivity index (χ4n) is 1.75. The van der Waals surface area contributed by atoms with Gasteiger partial charge in [-0.1, -0.05) is 6.07 Å². The molecule has 5 heteroatoms. The summed E-state index contributed by atoms with van der Waals surface area (Å²) in [6, 6.07) is 12.6. The van der Waals surface area contributed by atoms with Crippen LogP contribution in [0.15, 0.2) is 46.9 Å². The van der Waals surface area contributed by atoms with Crippen LogP contribution < -0.4 is 14.2 Å². The zero-order valence-corrected chi connectivity index (χ0v) is 13.1. The Hall–Kier alpha value is -2.01. The Labute approximate surface area is 131 Å². The largest absolute Gasteiger partial charge is 0.497 e. The first-order valence-electron chi connectivity index (χ1n) is 6.38. The van der Waals surface area contributed by atoms with Gasteiger partial charge in [0, 0.05) is 0 Å². The molecule has 0 N–H and O–H groups in total. The fourth-order valence-corrected chi connectivity index (χ4v) is 2.24. The molecule has 110 valence electrons. The molecule has 4 nitrogen and oxygen atoms in total.